The third kappa shape index (κ3) is 2.44. The van der Waals surface area contributed by atoms with Gasteiger partial charge in [-0.15, -0.1) is 0 Å². The molecule has 6 nitrogen and oxygen atoms in total. The molecule has 0 radical (unpaired) electrons. The molecule has 1 spiro atoms. The Morgan fingerprint density at radius 1 is 1.18 bits per heavy atom. The zero-order valence-electron chi connectivity index (χ0n) is 17.1. The van der Waals surface area contributed by atoms with Crippen LogP contribution in [0, 0.1) is 28.1 Å². The summed E-state index contributed by atoms with van der Waals surface area (Å²) in [5.41, 5.74) is -1.19. The molecule has 8 atom stereocenters. The molecule has 0 amide bonds. The van der Waals surface area contributed by atoms with E-state index in [9.17, 15) is 25.2 Å². The number of fused-ring (bicyclic) bond motifs is 3. The highest BCUT2D eigenvalue weighted by Gasteiger charge is 2.68. The highest BCUT2D eigenvalue weighted by molar-refractivity contribution is 5.66. The van der Waals surface area contributed by atoms with Crippen molar-refractivity contribution in [2.24, 2.45) is 28.1 Å². The predicted octanol–water partition coefficient (Wildman–Crippen LogP) is 1.55. The average Bonchev–Trinajstić information content (AvgIpc) is 2.88. The van der Waals surface area contributed by atoms with Crippen molar-refractivity contribution in [3.05, 3.63) is 11.6 Å². The quantitative estimate of drug-likeness (QED) is 0.427. The second-order valence-electron chi connectivity index (χ2n) is 10.3. The van der Waals surface area contributed by atoms with E-state index in [-0.39, 0.29) is 30.0 Å². The van der Waals surface area contributed by atoms with Crippen molar-refractivity contribution in [2.75, 3.05) is 13.2 Å². The van der Waals surface area contributed by atoms with Gasteiger partial charge in [-0.05, 0) is 49.9 Å². The highest BCUT2D eigenvalue weighted by Crippen LogP contribution is 2.70. The van der Waals surface area contributed by atoms with E-state index in [1.807, 2.05) is 6.92 Å². The molecular formula is C22H34O6. The molecule has 158 valence electrons. The zero-order chi connectivity index (χ0) is 20.5. The van der Waals surface area contributed by atoms with Crippen LogP contribution < -0.4 is 0 Å². The van der Waals surface area contributed by atoms with Crippen LogP contribution in [0.3, 0.4) is 0 Å². The Morgan fingerprint density at radius 2 is 1.89 bits per heavy atom. The van der Waals surface area contributed by atoms with Crippen LogP contribution in [-0.4, -0.2) is 57.4 Å². The standard InChI is InChI=1S/C22H34O6/c1-13(24)28-12-22(27)9-8-21-7-4-15-19(2,16(21)10-14(22)18(21)26)6-5-17(25)20(15,3)11-23/h10,14-15,17-18,23,25-27H,4-9,11-12H2,1-3H3/t14-,15+,17+,18+,19-,20-,21+,22-/m0/s1. The molecule has 0 saturated heterocycles. The molecule has 4 aliphatic rings. The Labute approximate surface area is 166 Å². The molecule has 0 aromatic heterocycles. The van der Waals surface area contributed by atoms with Gasteiger partial charge in [0.1, 0.15) is 12.2 Å². The van der Waals surface area contributed by atoms with Gasteiger partial charge in [0.25, 0.3) is 0 Å². The number of ether oxygens (including phenoxy) is 1. The first kappa shape index (κ1) is 20.3. The number of rotatable bonds is 3. The lowest BCUT2D eigenvalue weighted by Gasteiger charge is -2.62. The second-order valence-corrected chi connectivity index (χ2v) is 10.3. The van der Waals surface area contributed by atoms with Gasteiger partial charge in [0.2, 0.25) is 0 Å². The fourth-order valence-electron chi connectivity index (χ4n) is 7.33. The maximum absolute atomic E-state index is 11.3. The first-order valence-corrected chi connectivity index (χ1v) is 10.6. The van der Waals surface area contributed by atoms with Crippen LogP contribution in [0.4, 0.5) is 0 Å². The fraction of sp³-hybridized carbons (Fsp3) is 0.864. The van der Waals surface area contributed by atoms with E-state index >= 15 is 0 Å². The monoisotopic (exact) mass is 394 g/mol. The van der Waals surface area contributed by atoms with Crippen molar-refractivity contribution >= 4 is 5.97 Å². The van der Waals surface area contributed by atoms with Crippen molar-refractivity contribution in [3.8, 4) is 0 Å². The van der Waals surface area contributed by atoms with Crippen LogP contribution in [0.25, 0.3) is 0 Å². The Balaban J connectivity index is 1.74. The smallest absolute Gasteiger partial charge is 0.302 e. The van der Waals surface area contributed by atoms with Gasteiger partial charge < -0.3 is 25.2 Å². The second kappa shape index (κ2) is 6.27. The number of carbonyl (C=O) groups is 1. The van der Waals surface area contributed by atoms with Gasteiger partial charge in [-0.2, -0.15) is 0 Å². The zero-order valence-corrected chi connectivity index (χ0v) is 17.1. The molecule has 4 aliphatic carbocycles. The molecule has 4 rings (SSSR count). The highest BCUT2D eigenvalue weighted by atomic mass is 16.5. The van der Waals surface area contributed by atoms with E-state index in [4.69, 9.17) is 4.74 Å². The Morgan fingerprint density at radius 3 is 2.54 bits per heavy atom. The van der Waals surface area contributed by atoms with Gasteiger partial charge in [0.15, 0.2) is 0 Å². The first-order valence-electron chi connectivity index (χ1n) is 10.6. The van der Waals surface area contributed by atoms with Crippen LogP contribution in [0.15, 0.2) is 11.6 Å². The predicted molar refractivity (Wildman–Crippen MR) is 102 cm³/mol. The summed E-state index contributed by atoms with van der Waals surface area (Å²) in [6.45, 7) is 5.36. The van der Waals surface area contributed by atoms with Crippen LogP contribution >= 0.6 is 0 Å². The third-order valence-corrected chi connectivity index (χ3v) is 9.04. The average molecular weight is 395 g/mol. The Hall–Kier alpha value is -0.950. The molecule has 0 aliphatic heterocycles. The van der Waals surface area contributed by atoms with Gasteiger partial charge in [0, 0.05) is 23.7 Å². The summed E-state index contributed by atoms with van der Waals surface area (Å²) in [6, 6.07) is 0. The van der Waals surface area contributed by atoms with Gasteiger partial charge in [0.05, 0.1) is 18.8 Å². The molecule has 0 heterocycles. The Kier molecular flexibility index (Phi) is 4.55. The van der Waals surface area contributed by atoms with E-state index in [1.54, 1.807) is 0 Å². The number of carbonyl (C=O) groups excluding carboxylic acids is 1. The van der Waals surface area contributed by atoms with E-state index in [1.165, 1.54) is 12.5 Å². The van der Waals surface area contributed by atoms with Gasteiger partial charge in [-0.1, -0.05) is 25.5 Å². The van der Waals surface area contributed by atoms with Gasteiger partial charge >= 0.3 is 5.97 Å². The maximum Gasteiger partial charge on any atom is 0.302 e. The normalized spacial score (nSPS) is 52.5. The minimum Gasteiger partial charge on any atom is -0.463 e. The maximum atomic E-state index is 11.3. The summed E-state index contributed by atoms with van der Waals surface area (Å²) >= 11 is 0. The van der Waals surface area contributed by atoms with Crippen molar-refractivity contribution in [1.29, 1.82) is 0 Å². The minimum absolute atomic E-state index is 0.0585. The van der Waals surface area contributed by atoms with Crippen molar-refractivity contribution in [2.45, 2.75) is 77.1 Å². The molecule has 2 bridgehead atoms. The van der Waals surface area contributed by atoms with E-state index in [0.29, 0.717) is 19.3 Å². The summed E-state index contributed by atoms with van der Waals surface area (Å²) in [4.78, 5) is 11.3. The minimum atomic E-state index is -1.25. The number of aliphatic hydroxyl groups excluding tert-OH is 3. The van der Waals surface area contributed by atoms with E-state index in [0.717, 1.165) is 19.3 Å². The van der Waals surface area contributed by atoms with Crippen molar-refractivity contribution in [3.63, 3.8) is 0 Å². The SMILES string of the molecule is CC(=O)OC[C@@]1(O)CC[C@]23CC[C@H]4[C@](C)(CO)[C@H](O)CC[C@]4(C)C2=C[C@H]1[C@H]3O. The fourth-order valence-corrected chi connectivity index (χ4v) is 7.33. The Bertz CT molecular complexity index is 705. The lowest BCUT2D eigenvalue weighted by molar-refractivity contribution is -0.181. The topological polar surface area (TPSA) is 107 Å². The van der Waals surface area contributed by atoms with E-state index in [2.05, 4.69) is 13.0 Å². The van der Waals surface area contributed by atoms with Crippen LogP contribution in [0.2, 0.25) is 0 Å². The summed E-state index contributed by atoms with van der Waals surface area (Å²) in [5.74, 6) is -0.768. The van der Waals surface area contributed by atoms with Gasteiger partial charge in [-0.25, -0.2) is 0 Å². The van der Waals surface area contributed by atoms with Gasteiger partial charge in [-0.3, -0.25) is 4.79 Å². The lowest BCUT2D eigenvalue weighted by Crippen LogP contribution is -2.61. The lowest BCUT2D eigenvalue weighted by atomic mass is 9.43. The summed E-state index contributed by atoms with van der Waals surface area (Å²) in [5, 5.41) is 43.3. The molecule has 6 heteroatoms. The van der Waals surface area contributed by atoms with Crippen molar-refractivity contribution in [1.82, 2.24) is 0 Å². The summed E-state index contributed by atoms with van der Waals surface area (Å²) in [6.07, 6.45) is 5.05. The van der Waals surface area contributed by atoms with Crippen LogP contribution in [0.5, 0.6) is 0 Å². The summed E-state index contributed by atoms with van der Waals surface area (Å²) < 4.78 is 5.14. The van der Waals surface area contributed by atoms with E-state index < -0.39 is 35.1 Å². The summed E-state index contributed by atoms with van der Waals surface area (Å²) in [7, 11) is 0. The first-order chi connectivity index (χ1) is 13.0. The molecule has 28 heavy (non-hydrogen) atoms. The molecule has 3 saturated carbocycles. The van der Waals surface area contributed by atoms with Crippen molar-refractivity contribution < 1.29 is 30.0 Å². The number of esters is 1. The molecule has 3 fully saturated rings. The molecule has 0 aromatic rings. The number of hydrogen-bond acceptors (Lipinski definition) is 6. The number of aliphatic hydroxyl groups is 4. The molecule has 0 unspecified atom stereocenters. The van der Waals surface area contributed by atoms with Crippen LogP contribution in [0.1, 0.15) is 59.3 Å². The largest absolute Gasteiger partial charge is 0.463 e. The molecule has 0 aromatic carbocycles. The third-order valence-electron chi connectivity index (χ3n) is 9.04. The molecule has 4 N–H and O–H groups in total. The van der Waals surface area contributed by atoms with Crippen LogP contribution in [-0.2, 0) is 9.53 Å². The number of hydrogen-bond donors (Lipinski definition) is 4. The molecular weight excluding hydrogens is 360 g/mol.